The summed E-state index contributed by atoms with van der Waals surface area (Å²) < 4.78 is -0.794. The van der Waals surface area contributed by atoms with E-state index in [1.165, 1.54) is 12.8 Å². The van der Waals surface area contributed by atoms with Crippen molar-refractivity contribution in [3.05, 3.63) is 0 Å². The highest BCUT2D eigenvalue weighted by Gasteiger charge is 2.57. The molecule has 2 bridgehead atoms. The molecular formula is C12H19Cl3N2O. The summed E-state index contributed by atoms with van der Waals surface area (Å²) in [6.07, 6.45) is 5.26. The second-order valence-electron chi connectivity index (χ2n) is 5.73. The standard InChI is InChI=1S/C12H18Cl2N2O.ClH/c1-16(11(17)10-6-12(10,13)14)9-4-7-2-3-8(5-9)15-7;/h7-10,15H,2-6H2,1H3;1H. The predicted octanol–water partition coefficient (Wildman–Crippen LogP) is 2.34. The van der Waals surface area contributed by atoms with Crippen molar-refractivity contribution in [2.24, 2.45) is 5.92 Å². The Bertz CT molecular complexity index is 338. The van der Waals surface area contributed by atoms with Crippen LogP contribution in [0.3, 0.4) is 0 Å². The third-order valence-electron chi connectivity index (χ3n) is 4.47. The van der Waals surface area contributed by atoms with Crippen molar-refractivity contribution in [2.75, 3.05) is 7.05 Å². The van der Waals surface area contributed by atoms with Crippen LogP contribution in [0.1, 0.15) is 32.1 Å². The fourth-order valence-electron chi connectivity index (χ4n) is 3.25. The van der Waals surface area contributed by atoms with Crippen LogP contribution in [-0.4, -0.2) is 40.3 Å². The zero-order valence-corrected chi connectivity index (χ0v) is 12.7. The van der Waals surface area contributed by atoms with Gasteiger partial charge in [-0.05, 0) is 32.1 Å². The quantitative estimate of drug-likeness (QED) is 0.794. The number of hydrogen-bond acceptors (Lipinski definition) is 2. The first-order valence-corrected chi connectivity index (χ1v) is 7.13. The molecule has 18 heavy (non-hydrogen) atoms. The molecule has 0 aromatic heterocycles. The summed E-state index contributed by atoms with van der Waals surface area (Å²) >= 11 is 11.9. The number of halogens is 3. The Hall–Kier alpha value is 0.300. The number of carbonyl (C=O) groups excluding carboxylic acids is 1. The molecule has 3 atom stereocenters. The van der Waals surface area contributed by atoms with Crippen molar-refractivity contribution < 1.29 is 4.79 Å². The van der Waals surface area contributed by atoms with Gasteiger partial charge in [-0.2, -0.15) is 0 Å². The molecule has 3 fully saturated rings. The molecule has 0 aromatic rings. The Labute approximate surface area is 124 Å². The first-order valence-electron chi connectivity index (χ1n) is 6.38. The predicted molar refractivity (Wildman–Crippen MR) is 75.5 cm³/mol. The monoisotopic (exact) mass is 312 g/mol. The normalized spacial score (nSPS) is 39.9. The summed E-state index contributed by atoms with van der Waals surface area (Å²) in [7, 11) is 1.90. The van der Waals surface area contributed by atoms with E-state index in [0.29, 0.717) is 24.5 Å². The maximum Gasteiger partial charge on any atom is 0.228 e. The molecule has 3 rings (SSSR count). The molecule has 2 heterocycles. The Morgan fingerprint density at radius 1 is 1.28 bits per heavy atom. The first-order chi connectivity index (χ1) is 7.97. The van der Waals surface area contributed by atoms with E-state index in [-0.39, 0.29) is 24.2 Å². The summed E-state index contributed by atoms with van der Waals surface area (Å²) in [4.78, 5) is 14.1. The Kier molecular flexibility index (Phi) is 4.09. The van der Waals surface area contributed by atoms with Crippen LogP contribution in [0.25, 0.3) is 0 Å². The SMILES string of the molecule is CN(C(=O)C1CC1(Cl)Cl)C1CC2CCC(C1)N2.Cl. The summed E-state index contributed by atoms with van der Waals surface area (Å²) in [5.74, 6) is -0.0512. The molecule has 2 aliphatic heterocycles. The van der Waals surface area contributed by atoms with E-state index in [2.05, 4.69) is 5.32 Å². The highest BCUT2D eigenvalue weighted by molar-refractivity contribution is 6.52. The van der Waals surface area contributed by atoms with Crippen molar-refractivity contribution in [2.45, 2.75) is 54.6 Å². The molecule has 0 spiro atoms. The lowest BCUT2D eigenvalue weighted by Crippen LogP contribution is -2.49. The number of alkyl halides is 2. The molecule has 2 saturated heterocycles. The van der Waals surface area contributed by atoms with Gasteiger partial charge >= 0.3 is 0 Å². The van der Waals surface area contributed by atoms with Crippen molar-refractivity contribution >= 4 is 41.5 Å². The zero-order chi connectivity index (χ0) is 12.2. The van der Waals surface area contributed by atoms with E-state index < -0.39 is 4.33 Å². The van der Waals surface area contributed by atoms with Crippen LogP contribution in [0.5, 0.6) is 0 Å². The molecule has 3 aliphatic rings. The lowest BCUT2D eigenvalue weighted by molar-refractivity contribution is -0.134. The van der Waals surface area contributed by atoms with Gasteiger partial charge in [0.15, 0.2) is 0 Å². The number of nitrogens with zero attached hydrogens (tertiary/aromatic N) is 1. The number of amides is 1. The van der Waals surface area contributed by atoms with Crippen LogP contribution in [-0.2, 0) is 4.79 Å². The smallest absolute Gasteiger partial charge is 0.228 e. The minimum atomic E-state index is -0.794. The van der Waals surface area contributed by atoms with E-state index >= 15 is 0 Å². The average molecular weight is 314 g/mol. The number of nitrogens with one attached hydrogen (secondary N) is 1. The lowest BCUT2D eigenvalue weighted by Gasteiger charge is -2.35. The van der Waals surface area contributed by atoms with E-state index in [1.54, 1.807) is 0 Å². The highest BCUT2D eigenvalue weighted by atomic mass is 35.5. The average Bonchev–Trinajstić information content (AvgIpc) is 2.80. The van der Waals surface area contributed by atoms with Gasteiger partial charge in [0.2, 0.25) is 5.91 Å². The Morgan fingerprint density at radius 3 is 2.22 bits per heavy atom. The molecular weight excluding hydrogens is 295 g/mol. The largest absolute Gasteiger partial charge is 0.342 e. The van der Waals surface area contributed by atoms with Crippen molar-refractivity contribution in [3.8, 4) is 0 Å². The van der Waals surface area contributed by atoms with Crippen LogP contribution in [0.2, 0.25) is 0 Å². The number of carbonyl (C=O) groups is 1. The molecule has 1 amide bonds. The van der Waals surface area contributed by atoms with Gasteiger partial charge in [0.1, 0.15) is 4.33 Å². The fourth-order valence-corrected chi connectivity index (χ4v) is 3.75. The number of hydrogen-bond donors (Lipinski definition) is 1. The van der Waals surface area contributed by atoms with E-state index in [1.807, 2.05) is 11.9 Å². The first kappa shape index (κ1) is 14.7. The number of piperidine rings is 1. The van der Waals surface area contributed by atoms with Gasteiger partial charge in [-0.1, -0.05) is 0 Å². The lowest BCUT2D eigenvalue weighted by atomic mass is 9.98. The van der Waals surface area contributed by atoms with Gasteiger partial charge in [-0.3, -0.25) is 4.79 Å². The van der Waals surface area contributed by atoms with Gasteiger partial charge in [-0.15, -0.1) is 35.6 Å². The van der Waals surface area contributed by atoms with E-state index in [0.717, 1.165) is 12.8 Å². The van der Waals surface area contributed by atoms with Crippen molar-refractivity contribution in [1.82, 2.24) is 10.2 Å². The van der Waals surface area contributed by atoms with Crippen LogP contribution in [0.15, 0.2) is 0 Å². The van der Waals surface area contributed by atoms with Crippen molar-refractivity contribution in [1.29, 1.82) is 0 Å². The molecule has 6 heteroatoms. The topological polar surface area (TPSA) is 32.3 Å². The molecule has 0 aromatic carbocycles. The van der Waals surface area contributed by atoms with Crippen LogP contribution in [0.4, 0.5) is 0 Å². The van der Waals surface area contributed by atoms with Gasteiger partial charge < -0.3 is 10.2 Å². The second-order valence-corrected chi connectivity index (χ2v) is 7.27. The molecule has 1 aliphatic carbocycles. The highest BCUT2D eigenvalue weighted by Crippen LogP contribution is 2.54. The molecule has 1 N–H and O–H groups in total. The fraction of sp³-hybridized carbons (Fsp3) is 0.917. The Balaban J connectivity index is 0.00000120. The third kappa shape index (κ3) is 2.60. The summed E-state index contributed by atoms with van der Waals surface area (Å²) in [6, 6.07) is 1.57. The van der Waals surface area contributed by atoms with Gasteiger partial charge in [-0.25, -0.2) is 0 Å². The third-order valence-corrected chi connectivity index (χ3v) is 5.30. The van der Waals surface area contributed by atoms with E-state index in [9.17, 15) is 4.79 Å². The van der Waals surface area contributed by atoms with E-state index in [4.69, 9.17) is 23.2 Å². The Morgan fingerprint density at radius 2 is 1.78 bits per heavy atom. The summed E-state index contributed by atoms with van der Waals surface area (Å²) in [6.45, 7) is 0. The molecule has 3 nitrogen and oxygen atoms in total. The molecule has 1 saturated carbocycles. The minimum absolute atomic E-state index is 0. The number of rotatable bonds is 2. The van der Waals surface area contributed by atoms with Crippen LogP contribution < -0.4 is 5.32 Å². The maximum absolute atomic E-state index is 12.2. The van der Waals surface area contributed by atoms with Crippen molar-refractivity contribution in [3.63, 3.8) is 0 Å². The molecule has 104 valence electrons. The maximum atomic E-state index is 12.2. The zero-order valence-electron chi connectivity index (χ0n) is 10.4. The number of fused-ring (bicyclic) bond motifs is 2. The minimum Gasteiger partial charge on any atom is -0.342 e. The van der Waals surface area contributed by atoms with Gasteiger partial charge in [0.25, 0.3) is 0 Å². The molecule has 3 unspecified atom stereocenters. The summed E-state index contributed by atoms with van der Waals surface area (Å²) in [5, 5.41) is 3.59. The summed E-state index contributed by atoms with van der Waals surface area (Å²) in [5.41, 5.74) is 0. The van der Waals surface area contributed by atoms with Crippen LogP contribution >= 0.6 is 35.6 Å². The van der Waals surface area contributed by atoms with Gasteiger partial charge in [0, 0.05) is 25.2 Å². The molecule has 0 radical (unpaired) electrons. The second kappa shape index (κ2) is 5.01. The van der Waals surface area contributed by atoms with Gasteiger partial charge in [0.05, 0.1) is 5.92 Å². The van der Waals surface area contributed by atoms with Crippen LogP contribution in [0, 0.1) is 5.92 Å².